The molecule has 0 fully saturated rings. The lowest BCUT2D eigenvalue weighted by Gasteiger charge is -2.09. The molecule has 0 unspecified atom stereocenters. The molecule has 0 saturated heterocycles. The maximum absolute atomic E-state index is 11.1. The molecule has 0 spiro atoms. The van der Waals surface area contributed by atoms with E-state index in [4.69, 9.17) is 16.2 Å². The molecular weight excluding hydrogens is 216 g/mol. The lowest BCUT2D eigenvalue weighted by atomic mass is 10.1. The Morgan fingerprint density at radius 3 is 2.71 bits per heavy atom. The Labute approximate surface area is 102 Å². The van der Waals surface area contributed by atoms with E-state index >= 15 is 0 Å². The molecule has 94 valence electrons. The maximum atomic E-state index is 11.1. The molecule has 1 aromatic carbocycles. The van der Waals surface area contributed by atoms with Crippen LogP contribution in [0.2, 0.25) is 0 Å². The van der Waals surface area contributed by atoms with E-state index < -0.39 is 5.91 Å². The van der Waals surface area contributed by atoms with Crippen LogP contribution >= 0.6 is 0 Å². The molecule has 0 aliphatic rings. The summed E-state index contributed by atoms with van der Waals surface area (Å²) < 4.78 is 5.54. The maximum Gasteiger partial charge on any atom is 0.250 e. The molecule has 17 heavy (non-hydrogen) atoms. The van der Waals surface area contributed by atoms with Gasteiger partial charge in [0.2, 0.25) is 0 Å². The average molecular weight is 236 g/mol. The van der Waals surface area contributed by atoms with Gasteiger partial charge in [0.05, 0.1) is 12.2 Å². The van der Waals surface area contributed by atoms with E-state index in [9.17, 15) is 4.79 Å². The second-order valence-electron chi connectivity index (χ2n) is 4.50. The molecule has 0 bridgehead atoms. The van der Waals surface area contributed by atoms with Crippen molar-refractivity contribution in [2.75, 3.05) is 12.3 Å². The fourth-order valence-electron chi connectivity index (χ4n) is 1.52. The first kappa shape index (κ1) is 13.4. The van der Waals surface area contributed by atoms with Gasteiger partial charge in [-0.15, -0.1) is 0 Å². The van der Waals surface area contributed by atoms with E-state index in [-0.39, 0.29) is 0 Å². The number of primary amides is 1. The highest BCUT2D eigenvalue weighted by molar-refractivity contribution is 5.98. The third kappa shape index (κ3) is 4.34. The zero-order chi connectivity index (χ0) is 12.8. The van der Waals surface area contributed by atoms with Gasteiger partial charge in [-0.25, -0.2) is 0 Å². The minimum absolute atomic E-state index is 0.311. The van der Waals surface area contributed by atoms with Crippen LogP contribution in [0.3, 0.4) is 0 Å². The van der Waals surface area contributed by atoms with Crippen LogP contribution in [0, 0.1) is 5.92 Å². The molecule has 0 aliphatic heterocycles. The van der Waals surface area contributed by atoms with Crippen LogP contribution in [-0.2, 0) is 0 Å². The SMILES string of the molecule is CC(C)CCCOc1ccc(N)c(C(N)=O)c1. The molecule has 0 aliphatic carbocycles. The van der Waals surface area contributed by atoms with E-state index in [1.807, 2.05) is 0 Å². The molecule has 0 atom stereocenters. The van der Waals surface area contributed by atoms with Gasteiger partial charge in [0.15, 0.2) is 0 Å². The second-order valence-corrected chi connectivity index (χ2v) is 4.50. The third-order valence-corrected chi connectivity index (χ3v) is 2.48. The summed E-state index contributed by atoms with van der Waals surface area (Å²) in [6.45, 7) is 4.99. The quantitative estimate of drug-likeness (QED) is 0.587. The van der Waals surface area contributed by atoms with Crippen LogP contribution in [0.15, 0.2) is 18.2 Å². The topological polar surface area (TPSA) is 78.3 Å². The molecule has 4 nitrogen and oxygen atoms in total. The van der Waals surface area contributed by atoms with Gasteiger partial charge in [0.25, 0.3) is 5.91 Å². The van der Waals surface area contributed by atoms with Crippen molar-refractivity contribution in [3.8, 4) is 5.75 Å². The molecule has 1 rings (SSSR count). The number of rotatable bonds is 6. The second kappa shape index (κ2) is 6.13. The van der Waals surface area contributed by atoms with Gasteiger partial charge < -0.3 is 16.2 Å². The van der Waals surface area contributed by atoms with Crippen molar-refractivity contribution in [1.29, 1.82) is 0 Å². The summed E-state index contributed by atoms with van der Waals surface area (Å²) >= 11 is 0. The van der Waals surface area contributed by atoms with Crippen molar-refractivity contribution in [3.63, 3.8) is 0 Å². The van der Waals surface area contributed by atoms with Crippen molar-refractivity contribution in [2.24, 2.45) is 11.7 Å². The summed E-state index contributed by atoms with van der Waals surface area (Å²) in [6.07, 6.45) is 2.12. The Kier molecular flexibility index (Phi) is 4.82. The first-order chi connectivity index (χ1) is 8.00. The Morgan fingerprint density at radius 1 is 1.41 bits per heavy atom. The van der Waals surface area contributed by atoms with Gasteiger partial charge in [-0.2, -0.15) is 0 Å². The Hall–Kier alpha value is -1.71. The molecule has 4 heteroatoms. The third-order valence-electron chi connectivity index (χ3n) is 2.48. The number of nitrogen functional groups attached to an aromatic ring is 1. The first-order valence-electron chi connectivity index (χ1n) is 5.83. The Bertz CT molecular complexity index is 389. The first-order valence-corrected chi connectivity index (χ1v) is 5.83. The smallest absolute Gasteiger partial charge is 0.250 e. The summed E-state index contributed by atoms with van der Waals surface area (Å²) in [7, 11) is 0. The van der Waals surface area contributed by atoms with Gasteiger partial charge >= 0.3 is 0 Å². The van der Waals surface area contributed by atoms with Crippen molar-refractivity contribution in [2.45, 2.75) is 26.7 Å². The van der Waals surface area contributed by atoms with Gasteiger partial charge in [-0.3, -0.25) is 4.79 Å². The van der Waals surface area contributed by atoms with Crippen LogP contribution in [0.1, 0.15) is 37.0 Å². The molecule has 0 aromatic heterocycles. The standard InChI is InChI=1S/C13H20N2O2/c1-9(2)4-3-7-17-10-5-6-12(14)11(8-10)13(15)16/h5-6,8-9H,3-4,7,14H2,1-2H3,(H2,15,16). The lowest BCUT2D eigenvalue weighted by molar-refractivity contribution is 0.100. The summed E-state index contributed by atoms with van der Waals surface area (Å²) in [5.41, 5.74) is 11.5. The van der Waals surface area contributed by atoms with Gasteiger partial charge in [-0.05, 0) is 37.0 Å². The summed E-state index contributed by atoms with van der Waals surface area (Å²) in [5, 5.41) is 0. The average Bonchev–Trinajstić information content (AvgIpc) is 2.25. The number of carbonyl (C=O) groups is 1. The Balaban J connectivity index is 2.54. The Morgan fingerprint density at radius 2 is 2.12 bits per heavy atom. The molecule has 0 heterocycles. The minimum Gasteiger partial charge on any atom is -0.494 e. The minimum atomic E-state index is -0.532. The summed E-state index contributed by atoms with van der Waals surface area (Å²) in [5.74, 6) is 0.776. The normalized spacial score (nSPS) is 10.5. The van der Waals surface area contributed by atoms with Crippen LogP contribution in [0.4, 0.5) is 5.69 Å². The number of hydrogen-bond donors (Lipinski definition) is 2. The van der Waals surface area contributed by atoms with E-state index in [0.29, 0.717) is 29.5 Å². The number of anilines is 1. The van der Waals surface area contributed by atoms with Gasteiger partial charge in [-0.1, -0.05) is 13.8 Å². The molecule has 1 aromatic rings. The van der Waals surface area contributed by atoms with Crippen LogP contribution < -0.4 is 16.2 Å². The van der Waals surface area contributed by atoms with Crippen molar-refractivity contribution < 1.29 is 9.53 Å². The number of ether oxygens (including phenoxy) is 1. The highest BCUT2D eigenvalue weighted by Gasteiger charge is 2.07. The highest BCUT2D eigenvalue weighted by atomic mass is 16.5. The molecular formula is C13H20N2O2. The molecule has 4 N–H and O–H groups in total. The monoisotopic (exact) mass is 236 g/mol. The van der Waals surface area contributed by atoms with Crippen molar-refractivity contribution >= 4 is 11.6 Å². The van der Waals surface area contributed by atoms with E-state index in [1.54, 1.807) is 18.2 Å². The predicted octanol–water partition coefficient (Wildman–Crippen LogP) is 2.18. The van der Waals surface area contributed by atoms with Crippen molar-refractivity contribution in [3.05, 3.63) is 23.8 Å². The number of hydrogen-bond acceptors (Lipinski definition) is 3. The van der Waals surface area contributed by atoms with Gasteiger partial charge in [0.1, 0.15) is 5.75 Å². The fraction of sp³-hybridized carbons (Fsp3) is 0.462. The molecule has 0 saturated carbocycles. The van der Waals surface area contributed by atoms with Crippen LogP contribution in [0.5, 0.6) is 5.75 Å². The molecule has 1 amide bonds. The largest absolute Gasteiger partial charge is 0.494 e. The summed E-state index contributed by atoms with van der Waals surface area (Å²) in [6, 6.07) is 4.97. The van der Waals surface area contributed by atoms with E-state index in [0.717, 1.165) is 12.8 Å². The lowest BCUT2D eigenvalue weighted by Crippen LogP contribution is -2.13. The van der Waals surface area contributed by atoms with Crippen LogP contribution in [0.25, 0.3) is 0 Å². The number of nitrogens with two attached hydrogens (primary N) is 2. The molecule has 0 radical (unpaired) electrons. The summed E-state index contributed by atoms with van der Waals surface area (Å²) in [4.78, 5) is 11.1. The van der Waals surface area contributed by atoms with Crippen molar-refractivity contribution in [1.82, 2.24) is 0 Å². The van der Waals surface area contributed by atoms with E-state index in [2.05, 4.69) is 13.8 Å². The van der Waals surface area contributed by atoms with Crippen LogP contribution in [-0.4, -0.2) is 12.5 Å². The van der Waals surface area contributed by atoms with Gasteiger partial charge in [0, 0.05) is 5.69 Å². The number of carbonyl (C=O) groups excluding carboxylic acids is 1. The van der Waals surface area contributed by atoms with E-state index in [1.165, 1.54) is 0 Å². The number of benzene rings is 1. The predicted molar refractivity (Wildman–Crippen MR) is 68.9 cm³/mol. The zero-order valence-electron chi connectivity index (χ0n) is 10.4. The number of amides is 1. The zero-order valence-corrected chi connectivity index (χ0v) is 10.4. The fourth-order valence-corrected chi connectivity index (χ4v) is 1.52. The highest BCUT2D eigenvalue weighted by Crippen LogP contribution is 2.19.